The van der Waals surface area contributed by atoms with Crippen LogP contribution >= 0.6 is 24.0 Å². The van der Waals surface area contributed by atoms with Crippen molar-refractivity contribution in [1.29, 1.82) is 0 Å². The van der Waals surface area contributed by atoms with Crippen LogP contribution in [-0.4, -0.2) is 46.2 Å². The molecule has 0 fully saturated rings. The highest BCUT2D eigenvalue weighted by Crippen LogP contribution is 2.11. The van der Waals surface area contributed by atoms with Crippen LogP contribution in [0.25, 0.3) is 0 Å². The van der Waals surface area contributed by atoms with E-state index in [1.807, 2.05) is 27.8 Å². The molecule has 1 unspecified atom stereocenters. The molecule has 0 bridgehead atoms. The van der Waals surface area contributed by atoms with Crippen molar-refractivity contribution in [2.75, 3.05) is 26.4 Å². The Balaban J connectivity index is 0.00000529. The molecule has 0 aliphatic heterocycles. The predicted octanol–water partition coefficient (Wildman–Crippen LogP) is 3.42. The molecular weight excluding hydrogens is 433 g/mol. The summed E-state index contributed by atoms with van der Waals surface area (Å²) in [7, 11) is 2.95. The Hall–Kier alpha value is -0.630. The second-order valence-corrected chi connectivity index (χ2v) is 8.99. The smallest absolute Gasteiger partial charge is 0.193 e. The highest BCUT2D eigenvalue weighted by Gasteiger charge is 2.19. The van der Waals surface area contributed by atoms with Crippen LogP contribution in [0, 0.1) is 0 Å². The number of aliphatic imine (C=N–C) groups is 1. The van der Waals surface area contributed by atoms with Gasteiger partial charge in [-0.15, -0.1) is 24.0 Å². The van der Waals surface area contributed by atoms with Crippen molar-refractivity contribution in [2.45, 2.75) is 45.4 Å². The number of guanidine groups is 1. The van der Waals surface area contributed by atoms with Crippen LogP contribution in [0.3, 0.4) is 0 Å². The zero-order valence-corrected chi connectivity index (χ0v) is 18.9. The zero-order valence-electron chi connectivity index (χ0n) is 15.8. The van der Waals surface area contributed by atoms with Gasteiger partial charge in [-0.05, 0) is 38.3 Å². The molecule has 6 heteroatoms. The Morgan fingerprint density at radius 1 is 1.21 bits per heavy atom. The van der Waals surface area contributed by atoms with Crippen LogP contribution in [-0.2, 0) is 23.8 Å². The number of hydrogen-bond acceptors (Lipinski definition) is 2. The quantitative estimate of drug-likeness (QED) is 0.398. The van der Waals surface area contributed by atoms with Gasteiger partial charge in [0.1, 0.15) is 0 Å². The number of rotatable bonds is 6. The van der Waals surface area contributed by atoms with Crippen molar-refractivity contribution in [2.24, 2.45) is 4.99 Å². The highest BCUT2D eigenvalue weighted by atomic mass is 127. The lowest BCUT2D eigenvalue weighted by Crippen LogP contribution is -2.41. The molecule has 1 N–H and O–H groups in total. The third-order valence-corrected chi connectivity index (χ3v) is 5.62. The number of hydrogen-bond donors (Lipinski definition) is 1. The fourth-order valence-corrected chi connectivity index (χ4v) is 3.08. The van der Waals surface area contributed by atoms with Gasteiger partial charge in [0.25, 0.3) is 0 Å². The van der Waals surface area contributed by atoms with Crippen LogP contribution in [0.2, 0.25) is 0 Å². The lowest BCUT2D eigenvalue weighted by atomic mass is 10.1. The molecule has 138 valence electrons. The van der Waals surface area contributed by atoms with Crippen LogP contribution < -0.4 is 5.32 Å². The maximum atomic E-state index is 12.1. The largest absolute Gasteiger partial charge is 0.355 e. The van der Waals surface area contributed by atoms with E-state index in [2.05, 4.69) is 46.4 Å². The fourth-order valence-electron chi connectivity index (χ4n) is 2.18. The minimum atomic E-state index is -0.847. The molecule has 1 aromatic carbocycles. The normalized spacial score (nSPS) is 13.2. The van der Waals surface area contributed by atoms with E-state index >= 15 is 0 Å². The molecule has 4 nitrogen and oxygen atoms in total. The zero-order chi connectivity index (χ0) is 17.5. The minimum Gasteiger partial charge on any atom is -0.355 e. The molecule has 0 saturated carbocycles. The van der Waals surface area contributed by atoms with Gasteiger partial charge in [0.15, 0.2) is 5.96 Å². The molecule has 0 amide bonds. The average molecular weight is 465 g/mol. The maximum absolute atomic E-state index is 12.1. The molecular formula is C18H32IN3OS. The predicted molar refractivity (Wildman–Crippen MR) is 117 cm³/mol. The Labute approximate surface area is 167 Å². The SMILES string of the molecule is CCc1ccc(CN(C)C(=NC)NCCS(=O)C(C)(C)C)cc1.I. The molecule has 0 aliphatic carbocycles. The molecule has 0 radical (unpaired) electrons. The standard InChI is InChI=1S/C18H31N3OS.HI/c1-7-15-8-10-16(11-9-15)14-21(6)17(19-5)20-12-13-23(22)18(2,3)4;/h8-11H,7,12-14H2,1-6H3,(H,19,20);1H. The number of nitrogens with zero attached hydrogens (tertiary/aromatic N) is 2. The molecule has 0 saturated heterocycles. The van der Waals surface area contributed by atoms with Gasteiger partial charge in [0.05, 0.1) is 0 Å². The Morgan fingerprint density at radius 3 is 2.21 bits per heavy atom. The first kappa shape index (κ1) is 23.4. The van der Waals surface area contributed by atoms with Crippen molar-refractivity contribution in [3.05, 3.63) is 35.4 Å². The summed E-state index contributed by atoms with van der Waals surface area (Å²) in [6.07, 6.45) is 1.06. The topological polar surface area (TPSA) is 44.7 Å². The lowest BCUT2D eigenvalue weighted by molar-refractivity contribution is 0.479. The van der Waals surface area contributed by atoms with E-state index < -0.39 is 10.8 Å². The van der Waals surface area contributed by atoms with Gasteiger partial charge in [-0.25, -0.2) is 0 Å². The number of halogens is 1. The summed E-state index contributed by atoms with van der Waals surface area (Å²) in [4.78, 5) is 6.39. The third-order valence-electron chi connectivity index (χ3n) is 3.68. The molecule has 1 rings (SSSR count). The second-order valence-electron chi connectivity index (χ2n) is 6.66. The molecule has 0 spiro atoms. The first-order chi connectivity index (χ1) is 10.8. The Morgan fingerprint density at radius 2 is 1.75 bits per heavy atom. The van der Waals surface area contributed by atoms with E-state index in [-0.39, 0.29) is 28.7 Å². The van der Waals surface area contributed by atoms with Crippen LogP contribution in [0.5, 0.6) is 0 Å². The van der Waals surface area contributed by atoms with Gasteiger partial charge < -0.3 is 10.2 Å². The molecule has 1 atom stereocenters. The summed E-state index contributed by atoms with van der Waals surface area (Å²) in [5.74, 6) is 1.46. The molecule has 0 aromatic heterocycles. The van der Waals surface area contributed by atoms with Gasteiger partial charge in [-0.2, -0.15) is 0 Å². The van der Waals surface area contributed by atoms with Crippen LogP contribution in [0.1, 0.15) is 38.8 Å². The van der Waals surface area contributed by atoms with E-state index in [1.165, 1.54) is 11.1 Å². The minimum absolute atomic E-state index is 0. The summed E-state index contributed by atoms with van der Waals surface area (Å²) in [5, 5.41) is 3.30. The monoisotopic (exact) mass is 465 g/mol. The molecule has 0 heterocycles. The van der Waals surface area contributed by atoms with Gasteiger partial charge in [0, 0.05) is 48.5 Å². The van der Waals surface area contributed by atoms with Crippen molar-refractivity contribution >= 4 is 40.7 Å². The van der Waals surface area contributed by atoms with Gasteiger partial charge in [-0.1, -0.05) is 31.2 Å². The van der Waals surface area contributed by atoms with E-state index in [4.69, 9.17) is 0 Å². The first-order valence-corrected chi connectivity index (χ1v) is 9.48. The van der Waals surface area contributed by atoms with Crippen molar-refractivity contribution < 1.29 is 4.21 Å². The third kappa shape index (κ3) is 7.96. The van der Waals surface area contributed by atoms with E-state index in [1.54, 1.807) is 7.05 Å². The number of benzene rings is 1. The number of aryl methyl sites for hydroxylation is 1. The van der Waals surface area contributed by atoms with Crippen molar-refractivity contribution in [1.82, 2.24) is 10.2 Å². The number of nitrogens with one attached hydrogen (secondary N) is 1. The Bertz CT molecular complexity index is 538. The van der Waals surface area contributed by atoms with Crippen molar-refractivity contribution in [3.63, 3.8) is 0 Å². The maximum Gasteiger partial charge on any atom is 0.193 e. The summed E-state index contributed by atoms with van der Waals surface area (Å²) in [5.41, 5.74) is 2.61. The van der Waals surface area contributed by atoms with Gasteiger partial charge in [-0.3, -0.25) is 9.20 Å². The summed E-state index contributed by atoms with van der Waals surface area (Å²) in [6, 6.07) is 8.67. The van der Waals surface area contributed by atoms with Gasteiger partial charge in [0.2, 0.25) is 0 Å². The molecule has 1 aromatic rings. The van der Waals surface area contributed by atoms with Crippen molar-refractivity contribution in [3.8, 4) is 0 Å². The average Bonchev–Trinajstić information content (AvgIpc) is 2.51. The first-order valence-electron chi connectivity index (χ1n) is 8.16. The van der Waals surface area contributed by atoms with E-state index in [0.717, 1.165) is 18.9 Å². The molecule has 24 heavy (non-hydrogen) atoms. The summed E-state index contributed by atoms with van der Waals surface area (Å²) in [6.45, 7) is 9.63. The Kier molecular flexibility index (Phi) is 10.8. The van der Waals surface area contributed by atoms with E-state index in [0.29, 0.717) is 12.3 Å². The van der Waals surface area contributed by atoms with Crippen LogP contribution in [0.15, 0.2) is 29.3 Å². The molecule has 0 aliphatic rings. The summed E-state index contributed by atoms with van der Waals surface area (Å²) < 4.78 is 11.9. The summed E-state index contributed by atoms with van der Waals surface area (Å²) >= 11 is 0. The lowest BCUT2D eigenvalue weighted by Gasteiger charge is -2.23. The van der Waals surface area contributed by atoms with Gasteiger partial charge >= 0.3 is 0 Å². The fraction of sp³-hybridized carbons (Fsp3) is 0.611. The van der Waals surface area contributed by atoms with Crippen LogP contribution in [0.4, 0.5) is 0 Å². The van der Waals surface area contributed by atoms with E-state index in [9.17, 15) is 4.21 Å². The highest BCUT2D eigenvalue weighted by molar-refractivity contribution is 14.0. The second kappa shape index (κ2) is 11.1.